The third kappa shape index (κ3) is 2.80. The number of aryl methyl sites for hydroxylation is 2. The van der Waals surface area contributed by atoms with Gasteiger partial charge in [0, 0.05) is 17.2 Å². The highest BCUT2D eigenvalue weighted by Gasteiger charge is 2.12. The Morgan fingerprint density at radius 3 is 2.32 bits per heavy atom. The Bertz CT molecular complexity index is 636. The van der Waals surface area contributed by atoms with Crippen molar-refractivity contribution in [1.29, 1.82) is 5.26 Å². The summed E-state index contributed by atoms with van der Waals surface area (Å²) < 4.78 is 0.823. The summed E-state index contributed by atoms with van der Waals surface area (Å²) in [7, 11) is 1.98. The number of anilines is 2. The fourth-order valence-corrected chi connectivity index (χ4v) is 2.63. The van der Waals surface area contributed by atoms with Crippen molar-refractivity contribution < 1.29 is 0 Å². The van der Waals surface area contributed by atoms with E-state index in [2.05, 4.69) is 54.0 Å². The summed E-state index contributed by atoms with van der Waals surface area (Å²) in [6.07, 6.45) is 0. The predicted octanol–water partition coefficient (Wildman–Crippen LogP) is 4.71. The second-order valence-corrected chi connectivity index (χ2v) is 5.51. The number of nitrogens with zero attached hydrogens (tertiary/aromatic N) is 2. The lowest BCUT2D eigenvalue weighted by molar-refractivity contribution is 1.18. The molecule has 0 saturated carbocycles. The molecule has 0 aliphatic rings. The van der Waals surface area contributed by atoms with Gasteiger partial charge in [0.2, 0.25) is 0 Å². The van der Waals surface area contributed by atoms with Crippen molar-refractivity contribution in [2.45, 2.75) is 13.8 Å². The molecule has 2 aromatic rings. The van der Waals surface area contributed by atoms with E-state index in [4.69, 9.17) is 0 Å². The van der Waals surface area contributed by atoms with Gasteiger partial charge in [-0.3, -0.25) is 0 Å². The van der Waals surface area contributed by atoms with Gasteiger partial charge in [0.15, 0.2) is 0 Å². The van der Waals surface area contributed by atoms with Gasteiger partial charge in [-0.1, -0.05) is 12.1 Å². The van der Waals surface area contributed by atoms with E-state index in [0.717, 1.165) is 15.8 Å². The van der Waals surface area contributed by atoms with Crippen LogP contribution in [0.15, 0.2) is 40.9 Å². The number of hydrogen-bond donors (Lipinski definition) is 0. The van der Waals surface area contributed by atoms with Crippen molar-refractivity contribution in [3.63, 3.8) is 0 Å². The van der Waals surface area contributed by atoms with Crippen molar-refractivity contribution in [3.05, 3.63) is 57.6 Å². The zero-order valence-electron chi connectivity index (χ0n) is 11.2. The Labute approximate surface area is 122 Å². The van der Waals surface area contributed by atoms with Gasteiger partial charge in [-0.05, 0) is 65.2 Å². The average Bonchev–Trinajstić information content (AvgIpc) is 2.36. The quantitative estimate of drug-likeness (QED) is 0.803. The summed E-state index contributed by atoms with van der Waals surface area (Å²) in [6, 6.07) is 14.4. The number of hydrogen-bond acceptors (Lipinski definition) is 2. The van der Waals surface area contributed by atoms with E-state index in [1.54, 1.807) is 0 Å². The summed E-state index contributed by atoms with van der Waals surface area (Å²) in [5, 5.41) is 9.30. The third-order valence-corrected chi connectivity index (χ3v) is 3.72. The van der Waals surface area contributed by atoms with Gasteiger partial charge in [0.1, 0.15) is 6.07 Å². The van der Waals surface area contributed by atoms with Crippen LogP contribution in [0.4, 0.5) is 11.4 Å². The first-order valence-corrected chi connectivity index (χ1v) is 6.83. The summed E-state index contributed by atoms with van der Waals surface area (Å²) in [4.78, 5) is 2.04. The molecule has 0 unspecified atom stereocenters. The highest BCUT2D eigenvalue weighted by atomic mass is 79.9. The van der Waals surface area contributed by atoms with Gasteiger partial charge in [-0.2, -0.15) is 5.26 Å². The standard InChI is InChI=1S/C16H15BrN2/c1-11-7-12(2)9-13(8-11)19(3)16-6-4-5-15(17)14(16)10-18/h4-9H,1-3H3. The average molecular weight is 315 g/mol. The fourth-order valence-electron chi connectivity index (χ4n) is 2.19. The molecule has 0 atom stereocenters. The van der Waals surface area contributed by atoms with Gasteiger partial charge >= 0.3 is 0 Å². The molecule has 2 aromatic carbocycles. The molecule has 2 nitrogen and oxygen atoms in total. The van der Waals surface area contributed by atoms with E-state index >= 15 is 0 Å². The Kier molecular flexibility index (Phi) is 3.92. The van der Waals surface area contributed by atoms with Crippen LogP contribution in [0.3, 0.4) is 0 Å². The van der Waals surface area contributed by atoms with Crippen LogP contribution < -0.4 is 4.90 Å². The molecule has 0 aliphatic heterocycles. The lowest BCUT2D eigenvalue weighted by Crippen LogP contribution is -2.11. The molecule has 0 aliphatic carbocycles. The molecule has 0 fully saturated rings. The van der Waals surface area contributed by atoms with Gasteiger partial charge in [0.05, 0.1) is 11.3 Å². The van der Waals surface area contributed by atoms with E-state index in [9.17, 15) is 5.26 Å². The van der Waals surface area contributed by atoms with Gasteiger partial charge in [0.25, 0.3) is 0 Å². The van der Waals surface area contributed by atoms with Crippen molar-refractivity contribution >= 4 is 27.3 Å². The number of rotatable bonds is 2. The van der Waals surface area contributed by atoms with Crippen LogP contribution in [0, 0.1) is 25.2 Å². The zero-order valence-corrected chi connectivity index (χ0v) is 12.8. The Hall–Kier alpha value is -1.79. The molecule has 0 amide bonds. The van der Waals surface area contributed by atoms with Crippen LogP contribution in [-0.2, 0) is 0 Å². The van der Waals surface area contributed by atoms with Crippen LogP contribution in [0.1, 0.15) is 16.7 Å². The minimum absolute atomic E-state index is 0.657. The first kappa shape index (κ1) is 13.6. The minimum atomic E-state index is 0.657. The second kappa shape index (κ2) is 5.46. The van der Waals surface area contributed by atoms with E-state index < -0.39 is 0 Å². The van der Waals surface area contributed by atoms with Gasteiger partial charge in [-0.25, -0.2) is 0 Å². The summed E-state index contributed by atoms with van der Waals surface area (Å²) in [6.45, 7) is 4.16. The normalized spacial score (nSPS) is 10.1. The van der Waals surface area contributed by atoms with E-state index in [1.165, 1.54) is 11.1 Å². The fraction of sp³-hybridized carbons (Fsp3) is 0.188. The molecular weight excluding hydrogens is 300 g/mol. The van der Waals surface area contributed by atoms with E-state index in [1.807, 2.05) is 30.1 Å². The van der Waals surface area contributed by atoms with Crippen LogP contribution >= 0.6 is 15.9 Å². The topological polar surface area (TPSA) is 27.0 Å². The smallest absolute Gasteiger partial charge is 0.103 e. The number of benzene rings is 2. The molecule has 0 radical (unpaired) electrons. The maximum atomic E-state index is 9.30. The lowest BCUT2D eigenvalue weighted by atomic mass is 10.1. The van der Waals surface area contributed by atoms with Crippen molar-refractivity contribution in [3.8, 4) is 6.07 Å². The lowest BCUT2D eigenvalue weighted by Gasteiger charge is -2.22. The Morgan fingerprint density at radius 1 is 1.11 bits per heavy atom. The van der Waals surface area contributed by atoms with Crippen molar-refractivity contribution in [1.82, 2.24) is 0 Å². The van der Waals surface area contributed by atoms with Crippen LogP contribution in [-0.4, -0.2) is 7.05 Å². The Balaban J connectivity index is 2.53. The highest BCUT2D eigenvalue weighted by molar-refractivity contribution is 9.10. The molecule has 2 rings (SSSR count). The first-order valence-electron chi connectivity index (χ1n) is 6.03. The van der Waals surface area contributed by atoms with Gasteiger partial charge in [-0.15, -0.1) is 0 Å². The molecule has 0 saturated heterocycles. The zero-order chi connectivity index (χ0) is 14.0. The molecule has 0 aromatic heterocycles. The molecule has 0 N–H and O–H groups in total. The van der Waals surface area contributed by atoms with Crippen LogP contribution in [0.5, 0.6) is 0 Å². The van der Waals surface area contributed by atoms with Crippen LogP contribution in [0.25, 0.3) is 0 Å². The third-order valence-electron chi connectivity index (χ3n) is 3.06. The molecule has 0 spiro atoms. The molecule has 0 bridgehead atoms. The summed E-state index contributed by atoms with van der Waals surface area (Å²) in [5.41, 5.74) is 5.09. The summed E-state index contributed by atoms with van der Waals surface area (Å²) in [5.74, 6) is 0. The highest BCUT2D eigenvalue weighted by Crippen LogP contribution is 2.31. The maximum Gasteiger partial charge on any atom is 0.103 e. The van der Waals surface area contributed by atoms with Crippen molar-refractivity contribution in [2.75, 3.05) is 11.9 Å². The molecule has 19 heavy (non-hydrogen) atoms. The first-order chi connectivity index (χ1) is 9.02. The largest absolute Gasteiger partial charge is 0.343 e. The Morgan fingerprint density at radius 2 is 1.74 bits per heavy atom. The van der Waals surface area contributed by atoms with Crippen LogP contribution in [0.2, 0.25) is 0 Å². The van der Waals surface area contributed by atoms with E-state index in [-0.39, 0.29) is 0 Å². The van der Waals surface area contributed by atoms with E-state index in [0.29, 0.717) is 5.56 Å². The monoisotopic (exact) mass is 314 g/mol. The SMILES string of the molecule is Cc1cc(C)cc(N(C)c2cccc(Br)c2C#N)c1. The second-order valence-electron chi connectivity index (χ2n) is 4.65. The minimum Gasteiger partial charge on any atom is -0.343 e. The summed E-state index contributed by atoms with van der Waals surface area (Å²) >= 11 is 3.43. The molecule has 96 valence electrons. The molecular formula is C16H15BrN2. The molecule has 3 heteroatoms. The predicted molar refractivity (Wildman–Crippen MR) is 82.8 cm³/mol. The maximum absolute atomic E-state index is 9.30. The van der Waals surface area contributed by atoms with Gasteiger partial charge < -0.3 is 4.90 Å². The molecule has 0 heterocycles. The number of nitriles is 1. The van der Waals surface area contributed by atoms with Crippen molar-refractivity contribution in [2.24, 2.45) is 0 Å². The number of halogens is 1.